The summed E-state index contributed by atoms with van der Waals surface area (Å²) in [6.07, 6.45) is 0. The van der Waals surface area contributed by atoms with Gasteiger partial charge in [-0.15, -0.1) is 0 Å². The SMILES string of the molecule is [S-2].[S-2].[S-2].[Tl+3].[Tl+3]. The normalized spacial score (nSPS) is 0. The zero-order valence-corrected chi connectivity index (χ0v) is 13.8. The van der Waals surface area contributed by atoms with Crippen molar-refractivity contribution in [2.45, 2.75) is 0 Å². The Kier molecular flexibility index (Phi) is 256. The first-order valence-electron chi connectivity index (χ1n) is 0. The molecule has 0 fully saturated rings. The van der Waals surface area contributed by atoms with Crippen molar-refractivity contribution in [3.8, 4) is 0 Å². The second-order valence-electron chi connectivity index (χ2n) is 0. The second-order valence-corrected chi connectivity index (χ2v) is 0. The van der Waals surface area contributed by atoms with Gasteiger partial charge < -0.3 is 40.5 Å². The first-order valence-corrected chi connectivity index (χ1v) is 0. The van der Waals surface area contributed by atoms with Gasteiger partial charge in [0.1, 0.15) is 0 Å². The predicted molar refractivity (Wildman–Crippen MR) is 33.6 cm³/mol. The fourth-order valence-corrected chi connectivity index (χ4v) is 0. The Morgan fingerprint density at radius 2 is 0.400 bits per heavy atom. The van der Waals surface area contributed by atoms with Crippen molar-refractivity contribution >= 4 is 95.1 Å². The number of hydrogen-bond donors (Lipinski definition) is 0. The van der Waals surface area contributed by atoms with Crippen molar-refractivity contribution in [2.24, 2.45) is 0 Å². The largest absolute Gasteiger partial charge is 3.00 e. The van der Waals surface area contributed by atoms with Crippen LogP contribution in [-0.4, -0.2) is 54.6 Å². The topological polar surface area (TPSA) is 0 Å². The van der Waals surface area contributed by atoms with Gasteiger partial charge in [-0.25, -0.2) is 0 Å². The molecule has 0 amide bonds. The third-order valence-corrected chi connectivity index (χ3v) is 0. The Balaban J connectivity index is 0. The van der Waals surface area contributed by atoms with E-state index in [1.807, 2.05) is 0 Å². The van der Waals surface area contributed by atoms with Crippen LogP contribution in [0.5, 0.6) is 0 Å². The van der Waals surface area contributed by atoms with E-state index < -0.39 is 0 Å². The molecule has 0 aliphatic heterocycles. The van der Waals surface area contributed by atoms with E-state index in [1.165, 1.54) is 0 Å². The second kappa shape index (κ2) is 28.6. The van der Waals surface area contributed by atoms with E-state index in [0.717, 1.165) is 0 Å². The van der Waals surface area contributed by atoms with E-state index in [0.29, 0.717) is 0 Å². The zero-order valence-electron chi connectivity index (χ0n) is 2.38. The molecular formula is S3Tl2. The van der Waals surface area contributed by atoms with Crippen molar-refractivity contribution in [3.63, 3.8) is 0 Å². The molecule has 0 aromatic heterocycles. The molecule has 5 heteroatoms. The van der Waals surface area contributed by atoms with Gasteiger partial charge in [-0.3, -0.25) is 0 Å². The van der Waals surface area contributed by atoms with Crippen LogP contribution >= 0.6 is 0 Å². The van der Waals surface area contributed by atoms with E-state index >= 15 is 0 Å². The molecule has 0 unspecified atom stereocenters. The van der Waals surface area contributed by atoms with Gasteiger partial charge in [0.25, 0.3) is 0 Å². The molecule has 0 aliphatic carbocycles. The summed E-state index contributed by atoms with van der Waals surface area (Å²) in [5.41, 5.74) is 0. The molecule has 0 spiro atoms. The molecule has 0 saturated carbocycles. The Labute approximate surface area is 93.5 Å². The molecule has 0 rings (SSSR count). The van der Waals surface area contributed by atoms with Crippen LogP contribution in [0.4, 0.5) is 0 Å². The van der Waals surface area contributed by atoms with Crippen LogP contribution in [-0.2, 0) is 40.5 Å². The first kappa shape index (κ1) is 44.8. The van der Waals surface area contributed by atoms with Crippen molar-refractivity contribution in [2.75, 3.05) is 0 Å². The van der Waals surface area contributed by atoms with Gasteiger partial charge in [-0.05, 0) is 0 Å². The smallest absolute Gasteiger partial charge is 2.00 e. The number of rotatable bonds is 0. The minimum Gasteiger partial charge on any atom is -2.00 e. The fourth-order valence-electron chi connectivity index (χ4n) is 0. The molecule has 0 bridgehead atoms. The molecule has 0 aromatic rings. The van der Waals surface area contributed by atoms with Gasteiger partial charge in [-0.1, -0.05) is 0 Å². The molecule has 5 heavy (non-hydrogen) atoms. The fraction of sp³-hybridized carbons (Fsp3) is 0. The summed E-state index contributed by atoms with van der Waals surface area (Å²) >= 11 is 0. The molecule has 0 saturated heterocycles. The van der Waals surface area contributed by atoms with Gasteiger partial charge >= 0.3 is 54.6 Å². The van der Waals surface area contributed by atoms with Crippen molar-refractivity contribution in [3.05, 3.63) is 0 Å². The maximum atomic E-state index is 0. The van der Waals surface area contributed by atoms with E-state index in [2.05, 4.69) is 0 Å². The van der Waals surface area contributed by atoms with Gasteiger partial charge in [-0.2, -0.15) is 0 Å². The molecule has 0 nitrogen and oxygen atoms in total. The summed E-state index contributed by atoms with van der Waals surface area (Å²) in [5.74, 6) is 0. The third kappa shape index (κ3) is 19.7. The maximum absolute atomic E-state index is 0. The van der Waals surface area contributed by atoms with Crippen LogP contribution in [0.3, 0.4) is 0 Å². The van der Waals surface area contributed by atoms with Crippen LogP contribution < -0.4 is 0 Å². The van der Waals surface area contributed by atoms with Gasteiger partial charge in [0, 0.05) is 0 Å². The molecule has 0 aromatic carbocycles. The van der Waals surface area contributed by atoms with Crippen LogP contribution in [0.2, 0.25) is 0 Å². The predicted octanol–water partition coefficient (Wildman–Crippen LogP) is -0.769. The summed E-state index contributed by atoms with van der Waals surface area (Å²) in [6, 6.07) is 0. The van der Waals surface area contributed by atoms with E-state index in [9.17, 15) is 0 Å². The quantitative estimate of drug-likeness (QED) is 0.380. The Hall–Kier alpha value is 2.89. The Morgan fingerprint density at radius 3 is 0.400 bits per heavy atom. The molecule has 0 radical (unpaired) electrons. The average molecular weight is 505 g/mol. The van der Waals surface area contributed by atoms with Gasteiger partial charge in [0.2, 0.25) is 0 Å². The van der Waals surface area contributed by atoms with E-state index in [1.54, 1.807) is 0 Å². The minimum absolute atomic E-state index is 0. The van der Waals surface area contributed by atoms with Crippen molar-refractivity contribution < 1.29 is 0 Å². The van der Waals surface area contributed by atoms with Gasteiger partial charge in [0.05, 0.1) is 0 Å². The summed E-state index contributed by atoms with van der Waals surface area (Å²) in [7, 11) is 0. The van der Waals surface area contributed by atoms with E-state index in [-0.39, 0.29) is 95.1 Å². The van der Waals surface area contributed by atoms with Crippen LogP contribution in [0, 0.1) is 0 Å². The maximum Gasteiger partial charge on any atom is 3.00 e. The molecule has 0 atom stereocenters. The molecule has 0 aliphatic rings. The molecule has 24 valence electrons. The van der Waals surface area contributed by atoms with Crippen molar-refractivity contribution in [1.82, 2.24) is 0 Å². The van der Waals surface area contributed by atoms with Crippen LogP contribution in [0.25, 0.3) is 0 Å². The summed E-state index contributed by atoms with van der Waals surface area (Å²) in [5, 5.41) is 0. The average Bonchev–Trinajstić information content (AvgIpc) is 0. The van der Waals surface area contributed by atoms with Crippen LogP contribution in [0.1, 0.15) is 0 Å². The Morgan fingerprint density at radius 1 is 0.400 bits per heavy atom. The van der Waals surface area contributed by atoms with Crippen molar-refractivity contribution in [1.29, 1.82) is 0 Å². The molecular weight excluding hydrogens is 505 g/mol. The molecule has 0 N–H and O–H groups in total. The van der Waals surface area contributed by atoms with E-state index in [4.69, 9.17) is 0 Å². The Bertz CT molecular complexity index is 4.85. The summed E-state index contributed by atoms with van der Waals surface area (Å²) in [6.45, 7) is 0. The molecule has 0 heterocycles. The monoisotopic (exact) mass is 506 g/mol. The van der Waals surface area contributed by atoms with Crippen LogP contribution in [0.15, 0.2) is 0 Å². The first-order chi connectivity index (χ1) is 0. The zero-order chi connectivity index (χ0) is 0. The summed E-state index contributed by atoms with van der Waals surface area (Å²) in [4.78, 5) is 0. The third-order valence-electron chi connectivity index (χ3n) is 0. The standard InChI is InChI=1S/3S.2Tl/q3*-2;2*+3. The van der Waals surface area contributed by atoms with Gasteiger partial charge in [0.15, 0.2) is 0 Å². The number of hydrogen-bond acceptors (Lipinski definition) is 0. The summed E-state index contributed by atoms with van der Waals surface area (Å²) < 4.78 is 0. The minimum atomic E-state index is 0.